The molecule has 0 spiro atoms. The molecular weight excluding hydrogens is 296 g/mol. The van der Waals surface area contributed by atoms with Gasteiger partial charge in [-0.1, -0.05) is 0 Å². The fourth-order valence-corrected chi connectivity index (χ4v) is 2.43. The fraction of sp³-hybridized carbons (Fsp3) is 0.467. The van der Waals surface area contributed by atoms with Crippen molar-refractivity contribution >= 4 is 11.7 Å². The number of nitrogens with zero attached hydrogens (tertiary/aromatic N) is 4. The number of aryl methyl sites for hydroxylation is 1. The number of carbonyl (C=O) groups is 1. The highest BCUT2D eigenvalue weighted by molar-refractivity contribution is 5.79. The first-order valence-electron chi connectivity index (χ1n) is 7.67. The third-order valence-electron chi connectivity index (χ3n) is 3.59. The standard InChI is InChI=1S/C15H20N6O2/c1-11-19-13(9-14(20-11)21-7-2-4-18-21)16-5-6-17-15(22)12-3-8-23-10-12/h2,4,7,9,12H,3,5-6,8,10H2,1H3,(H,17,22)(H,16,19,20)/t12-/m0/s1. The molecule has 3 heterocycles. The lowest BCUT2D eigenvalue weighted by Gasteiger charge is -2.11. The van der Waals surface area contributed by atoms with Gasteiger partial charge < -0.3 is 15.4 Å². The van der Waals surface area contributed by atoms with Gasteiger partial charge in [-0.15, -0.1) is 0 Å². The Morgan fingerprint density at radius 1 is 1.43 bits per heavy atom. The lowest BCUT2D eigenvalue weighted by Crippen LogP contribution is -2.34. The Morgan fingerprint density at radius 3 is 3.09 bits per heavy atom. The second kappa shape index (κ2) is 7.19. The zero-order valence-corrected chi connectivity index (χ0v) is 13.0. The van der Waals surface area contributed by atoms with Crippen LogP contribution in [0.5, 0.6) is 0 Å². The number of aromatic nitrogens is 4. The zero-order chi connectivity index (χ0) is 16.1. The first-order valence-corrected chi connectivity index (χ1v) is 7.67. The largest absolute Gasteiger partial charge is 0.381 e. The average Bonchev–Trinajstić information content (AvgIpc) is 3.23. The van der Waals surface area contributed by atoms with Gasteiger partial charge in [0.2, 0.25) is 5.91 Å². The lowest BCUT2D eigenvalue weighted by atomic mass is 10.1. The van der Waals surface area contributed by atoms with Crippen LogP contribution in [-0.2, 0) is 9.53 Å². The van der Waals surface area contributed by atoms with E-state index in [1.165, 1.54) is 0 Å². The monoisotopic (exact) mass is 316 g/mol. The summed E-state index contributed by atoms with van der Waals surface area (Å²) >= 11 is 0. The van der Waals surface area contributed by atoms with Crippen LogP contribution in [0.2, 0.25) is 0 Å². The highest BCUT2D eigenvalue weighted by Crippen LogP contribution is 2.12. The summed E-state index contributed by atoms with van der Waals surface area (Å²) in [5.74, 6) is 2.12. The van der Waals surface area contributed by atoms with Crippen molar-refractivity contribution in [1.29, 1.82) is 0 Å². The third kappa shape index (κ3) is 4.04. The van der Waals surface area contributed by atoms with Gasteiger partial charge in [0.25, 0.3) is 0 Å². The van der Waals surface area contributed by atoms with E-state index in [1.54, 1.807) is 10.9 Å². The summed E-state index contributed by atoms with van der Waals surface area (Å²) in [7, 11) is 0. The molecule has 0 radical (unpaired) electrons. The van der Waals surface area contributed by atoms with E-state index in [0.717, 1.165) is 6.42 Å². The van der Waals surface area contributed by atoms with Gasteiger partial charge in [0.05, 0.1) is 12.5 Å². The minimum absolute atomic E-state index is 0.0114. The smallest absolute Gasteiger partial charge is 0.225 e. The quantitative estimate of drug-likeness (QED) is 0.755. The van der Waals surface area contributed by atoms with Gasteiger partial charge in [-0.25, -0.2) is 14.6 Å². The molecule has 0 saturated carbocycles. The molecule has 2 aromatic rings. The van der Waals surface area contributed by atoms with Crippen LogP contribution in [0.4, 0.5) is 5.82 Å². The van der Waals surface area contributed by atoms with Crippen molar-refractivity contribution in [1.82, 2.24) is 25.1 Å². The number of carbonyl (C=O) groups excluding carboxylic acids is 1. The minimum Gasteiger partial charge on any atom is -0.381 e. The molecule has 2 aromatic heterocycles. The normalized spacial score (nSPS) is 17.2. The zero-order valence-electron chi connectivity index (χ0n) is 13.0. The molecule has 8 heteroatoms. The molecule has 1 atom stereocenters. The van der Waals surface area contributed by atoms with E-state index in [9.17, 15) is 4.79 Å². The lowest BCUT2D eigenvalue weighted by molar-refractivity contribution is -0.124. The molecule has 3 rings (SSSR count). The molecule has 0 unspecified atom stereocenters. The Kier molecular flexibility index (Phi) is 4.82. The molecule has 23 heavy (non-hydrogen) atoms. The second-order valence-electron chi connectivity index (χ2n) is 5.39. The van der Waals surface area contributed by atoms with Crippen LogP contribution in [0.25, 0.3) is 5.82 Å². The van der Waals surface area contributed by atoms with Gasteiger partial charge in [-0.3, -0.25) is 4.79 Å². The summed E-state index contributed by atoms with van der Waals surface area (Å²) in [4.78, 5) is 20.6. The molecule has 1 amide bonds. The first-order chi connectivity index (χ1) is 11.2. The summed E-state index contributed by atoms with van der Waals surface area (Å²) in [5, 5.41) is 10.3. The molecule has 122 valence electrons. The number of ether oxygens (including phenoxy) is 1. The van der Waals surface area contributed by atoms with Crippen LogP contribution in [0.15, 0.2) is 24.5 Å². The Bertz CT molecular complexity index is 652. The average molecular weight is 316 g/mol. The maximum atomic E-state index is 11.9. The molecule has 0 aromatic carbocycles. The topological polar surface area (TPSA) is 94.0 Å². The van der Waals surface area contributed by atoms with Crippen molar-refractivity contribution in [3.8, 4) is 5.82 Å². The Labute approximate surface area is 134 Å². The molecule has 1 saturated heterocycles. The Hall–Kier alpha value is -2.48. The number of hydrogen-bond acceptors (Lipinski definition) is 6. The molecule has 2 N–H and O–H groups in total. The number of amides is 1. The number of hydrogen-bond donors (Lipinski definition) is 2. The van der Waals surface area contributed by atoms with Crippen LogP contribution in [0.3, 0.4) is 0 Å². The van der Waals surface area contributed by atoms with Crippen molar-refractivity contribution < 1.29 is 9.53 Å². The van der Waals surface area contributed by atoms with Crippen LogP contribution >= 0.6 is 0 Å². The molecule has 8 nitrogen and oxygen atoms in total. The maximum Gasteiger partial charge on any atom is 0.225 e. The summed E-state index contributed by atoms with van der Waals surface area (Å²) in [5.41, 5.74) is 0. The van der Waals surface area contributed by atoms with E-state index < -0.39 is 0 Å². The third-order valence-corrected chi connectivity index (χ3v) is 3.59. The van der Waals surface area contributed by atoms with Crippen molar-refractivity contribution in [2.45, 2.75) is 13.3 Å². The van der Waals surface area contributed by atoms with Crippen LogP contribution in [0, 0.1) is 12.8 Å². The van der Waals surface area contributed by atoms with E-state index in [1.807, 2.05) is 25.3 Å². The van der Waals surface area contributed by atoms with E-state index in [4.69, 9.17) is 4.74 Å². The molecular formula is C15H20N6O2. The maximum absolute atomic E-state index is 11.9. The Balaban J connectivity index is 1.51. The summed E-state index contributed by atoms with van der Waals surface area (Å²) in [6.45, 7) is 4.16. The highest BCUT2D eigenvalue weighted by atomic mass is 16.5. The molecule has 0 bridgehead atoms. The second-order valence-corrected chi connectivity index (χ2v) is 5.39. The molecule has 1 aliphatic rings. The summed E-state index contributed by atoms with van der Waals surface area (Å²) in [6.07, 6.45) is 4.33. The van der Waals surface area contributed by atoms with Gasteiger partial charge in [-0.05, 0) is 19.4 Å². The van der Waals surface area contributed by atoms with Crippen molar-refractivity contribution in [2.24, 2.45) is 5.92 Å². The molecule has 0 aliphatic carbocycles. The summed E-state index contributed by atoms with van der Waals surface area (Å²) < 4.78 is 6.90. The SMILES string of the molecule is Cc1nc(NCCNC(=O)[C@H]2CCOC2)cc(-n2cccn2)n1. The van der Waals surface area contributed by atoms with Gasteiger partial charge in [0, 0.05) is 38.2 Å². The van der Waals surface area contributed by atoms with Gasteiger partial charge >= 0.3 is 0 Å². The van der Waals surface area contributed by atoms with Crippen molar-refractivity contribution in [2.75, 3.05) is 31.6 Å². The van der Waals surface area contributed by atoms with Gasteiger partial charge in [0.1, 0.15) is 11.6 Å². The van der Waals surface area contributed by atoms with E-state index in [-0.39, 0.29) is 11.8 Å². The fourth-order valence-electron chi connectivity index (χ4n) is 2.43. The minimum atomic E-state index is -0.0114. The van der Waals surface area contributed by atoms with Crippen LogP contribution < -0.4 is 10.6 Å². The number of nitrogens with one attached hydrogen (secondary N) is 2. The molecule has 1 fully saturated rings. The predicted octanol–water partition coefficient (Wildman–Crippen LogP) is 0.535. The van der Waals surface area contributed by atoms with E-state index in [0.29, 0.717) is 43.8 Å². The van der Waals surface area contributed by atoms with Crippen molar-refractivity contribution in [3.05, 3.63) is 30.4 Å². The first kappa shape index (κ1) is 15.4. The predicted molar refractivity (Wildman–Crippen MR) is 84.3 cm³/mol. The van der Waals surface area contributed by atoms with Crippen LogP contribution in [0.1, 0.15) is 12.2 Å². The van der Waals surface area contributed by atoms with E-state index in [2.05, 4.69) is 25.7 Å². The number of anilines is 1. The molecule has 1 aliphatic heterocycles. The summed E-state index contributed by atoms with van der Waals surface area (Å²) in [6, 6.07) is 3.67. The van der Waals surface area contributed by atoms with Crippen molar-refractivity contribution in [3.63, 3.8) is 0 Å². The van der Waals surface area contributed by atoms with Gasteiger partial charge in [0.15, 0.2) is 5.82 Å². The highest BCUT2D eigenvalue weighted by Gasteiger charge is 2.22. The number of rotatable bonds is 6. The Morgan fingerprint density at radius 2 is 2.35 bits per heavy atom. The van der Waals surface area contributed by atoms with Gasteiger partial charge in [-0.2, -0.15) is 5.10 Å². The van der Waals surface area contributed by atoms with E-state index >= 15 is 0 Å². The van der Waals surface area contributed by atoms with Crippen LogP contribution in [-0.4, -0.2) is 52.0 Å².